The maximum absolute atomic E-state index is 5.63. The van der Waals surface area contributed by atoms with Gasteiger partial charge >= 0.3 is 0 Å². The van der Waals surface area contributed by atoms with Gasteiger partial charge < -0.3 is 0 Å². The number of hydrogen-bond acceptors (Lipinski definition) is 3. The Kier molecular flexibility index (Phi) is 2.70. The number of nitrogens with zero attached hydrogens (tertiary/aromatic N) is 3. The lowest BCUT2D eigenvalue weighted by atomic mass is 10.2. The lowest BCUT2D eigenvalue weighted by molar-refractivity contribution is 0.918. The molecular formula is C10H8ClN3. The second-order valence-electron chi connectivity index (χ2n) is 2.85. The minimum Gasteiger partial charge on any atom is -0.261 e. The van der Waals surface area contributed by atoms with Crippen molar-refractivity contribution in [1.29, 1.82) is 0 Å². The van der Waals surface area contributed by atoms with Gasteiger partial charge in [-0.2, -0.15) is 5.10 Å². The SMILES string of the molecule is Clc1ccc(Cc2ccccn2)nn1. The van der Waals surface area contributed by atoms with E-state index in [1.54, 1.807) is 12.3 Å². The lowest BCUT2D eigenvalue weighted by Crippen LogP contribution is -1.95. The molecule has 0 N–H and O–H groups in total. The largest absolute Gasteiger partial charge is 0.261 e. The normalized spacial score (nSPS) is 10.1. The zero-order valence-corrected chi connectivity index (χ0v) is 8.15. The molecule has 0 aromatic carbocycles. The summed E-state index contributed by atoms with van der Waals surface area (Å²) in [7, 11) is 0. The van der Waals surface area contributed by atoms with Crippen molar-refractivity contribution in [2.45, 2.75) is 6.42 Å². The second kappa shape index (κ2) is 4.15. The fourth-order valence-electron chi connectivity index (χ4n) is 1.13. The summed E-state index contributed by atoms with van der Waals surface area (Å²) in [6, 6.07) is 9.37. The van der Waals surface area contributed by atoms with Gasteiger partial charge in [0.1, 0.15) is 0 Å². The Morgan fingerprint density at radius 3 is 2.57 bits per heavy atom. The van der Waals surface area contributed by atoms with Gasteiger partial charge in [0.15, 0.2) is 5.15 Å². The van der Waals surface area contributed by atoms with Gasteiger partial charge in [-0.15, -0.1) is 5.10 Å². The van der Waals surface area contributed by atoms with E-state index >= 15 is 0 Å². The summed E-state index contributed by atoms with van der Waals surface area (Å²) < 4.78 is 0. The summed E-state index contributed by atoms with van der Waals surface area (Å²) in [6.07, 6.45) is 2.45. The van der Waals surface area contributed by atoms with E-state index in [1.807, 2.05) is 24.3 Å². The summed E-state index contributed by atoms with van der Waals surface area (Å²) >= 11 is 5.63. The van der Waals surface area contributed by atoms with Crippen LogP contribution in [0, 0.1) is 0 Å². The van der Waals surface area contributed by atoms with Crippen LogP contribution in [-0.2, 0) is 6.42 Å². The van der Waals surface area contributed by atoms with Crippen LogP contribution >= 0.6 is 11.6 Å². The van der Waals surface area contributed by atoms with Crippen molar-refractivity contribution in [2.24, 2.45) is 0 Å². The molecule has 0 aliphatic rings. The van der Waals surface area contributed by atoms with Gasteiger partial charge in [0.25, 0.3) is 0 Å². The number of rotatable bonds is 2. The van der Waals surface area contributed by atoms with E-state index < -0.39 is 0 Å². The summed E-state index contributed by atoms with van der Waals surface area (Å²) in [5, 5.41) is 8.13. The topological polar surface area (TPSA) is 38.7 Å². The van der Waals surface area contributed by atoms with Gasteiger partial charge in [-0.3, -0.25) is 4.98 Å². The van der Waals surface area contributed by atoms with E-state index in [1.165, 1.54) is 0 Å². The molecule has 0 spiro atoms. The lowest BCUT2D eigenvalue weighted by Gasteiger charge is -1.98. The zero-order chi connectivity index (χ0) is 9.80. The molecule has 14 heavy (non-hydrogen) atoms. The Bertz CT molecular complexity index is 399. The van der Waals surface area contributed by atoms with Crippen LogP contribution in [0.5, 0.6) is 0 Å². The molecule has 0 saturated heterocycles. The Hall–Kier alpha value is -1.48. The van der Waals surface area contributed by atoms with Crippen molar-refractivity contribution in [2.75, 3.05) is 0 Å². The maximum atomic E-state index is 5.63. The first-order valence-corrected chi connectivity index (χ1v) is 4.60. The molecule has 0 saturated carbocycles. The third-order valence-corrected chi connectivity index (χ3v) is 1.98. The monoisotopic (exact) mass is 205 g/mol. The van der Waals surface area contributed by atoms with Crippen LogP contribution in [0.1, 0.15) is 11.4 Å². The molecule has 0 unspecified atom stereocenters. The first kappa shape index (κ1) is 9.09. The standard InChI is InChI=1S/C10H8ClN3/c11-10-5-4-9(13-14-10)7-8-3-1-2-6-12-8/h1-6H,7H2. The first-order valence-electron chi connectivity index (χ1n) is 4.22. The summed E-state index contributed by atoms with van der Waals surface area (Å²) in [5.74, 6) is 0. The van der Waals surface area contributed by atoms with Gasteiger partial charge in [0.05, 0.1) is 5.69 Å². The molecule has 0 radical (unpaired) electrons. The summed E-state index contributed by atoms with van der Waals surface area (Å²) in [6.45, 7) is 0. The van der Waals surface area contributed by atoms with Crippen LogP contribution in [0.25, 0.3) is 0 Å². The quantitative estimate of drug-likeness (QED) is 0.754. The third-order valence-electron chi connectivity index (χ3n) is 1.78. The number of aromatic nitrogens is 3. The summed E-state index contributed by atoms with van der Waals surface area (Å²) in [5.41, 5.74) is 1.84. The van der Waals surface area contributed by atoms with Crippen LogP contribution < -0.4 is 0 Å². The van der Waals surface area contributed by atoms with Crippen molar-refractivity contribution in [3.8, 4) is 0 Å². The smallest absolute Gasteiger partial charge is 0.151 e. The Morgan fingerprint density at radius 1 is 1.00 bits per heavy atom. The zero-order valence-electron chi connectivity index (χ0n) is 7.39. The highest BCUT2D eigenvalue weighted by molar-refractivity contribution is 6.29. The van der Waals surface area contributed by atoms with Crippen LogP contribution in [0.2, 0.25) is 5.15 Å². The number of hydrogen-bond donors (Lipinski definition) is 0. The van der Waals surface area contributed by atoms with Crippen molar-refractivity contribution in [1.82, 2.24) is 15.2 Å². The van der Waals surface area contributed by atoms with Crippen molar-refractivity contribution < 1.29 is 0 Å². The summed E-state index contributed by atoms with van der Waals surface area (Å²) in [4.78, 5) is 4.20. The van der Waals surface area contributed by atoms with Crippen LogP contribution in [-0.4, -0.2) is 15.2 Å². The molecule has 2 aromatic heterocycles. The fourth-order valence-corrected chi connectivity index (χ4v) is 1.23. The Labute approximate surface area is 86.8 Å². The average molecular weight is 206 g/mol. The van der Waals surface area contributed by atoms with E-state index in [0.717, 1.165) is 11.4 Å². The highest BCUT2D eigenvalue weighted by Gasteiger charge is 1.98. The number of pyridine rings is 1. The van der Waals surface area contributed by atoms with E-state index in [9.17, 15) is 0 Å². The average Bonchev–Trinajstić information content (AvgIpc) is 2.23. The highest BCUT2D eigenvalue weighted by atomic mass is 35.5. The first-order chi connectivity index (χ1) is 6.84. The molecule has 4 heteroatoms. The molecule has 0 amide bonds. The third kappa shape index (κ3) is 2.26. The predicted octanol–water partition coefficient (Wildman–Crippen LogP) is 2.12. The Morgan fingerprint density at radius 2 is 1.93 bits per heavy atom. The van der Waals surface area contributed by atoms with Gasteiger partial charge in [-0.25, -0.2) is 0 Å². The van der Waals surface area contributed by atoms with E-state index in [4.69, 9.17) is 11.6 Å². The predicted molar refractivity (Wildman–Crippen MR) is 54.1 cm³/mol. The van der Waals surface area contributed by atoms with Crippen molar-refractivity contribution in [3.05, 3.63) is 53.1 Å². The fraction of sp³-hybridized carbons (Fsp3) is 0.100. The van der Waals surface area contributed by atoms with E-state index in [-0.39, 0.29) is 0 Å². The molecule has 0 aliphatic heterocycles. The molecule has 0 bridgehead atoms. The molecule has 2 rings (SSSR count). The molecule has 0 fully saturated rings. The molecule has 0 atom stereocenters. The van der Waals surface area contributed by atoms with Gasteiger partial charge in [0.2, 0.25) is 0 Å². The molecule has 2 heterocycles. The van der Waals surface area contributed by atoms with Crippen LogP contribution in [0.15, 0.2) is 36.5 Å². The van der Waals surface area contributed by atoms with Crippen molar-refractivity contribution >= 4 is 11.6 Å². The molecule has 3 nitrogen and oxygen atoms in total. The van der Waals surface area contributed by atoms with E-state index in [0.29, 0.717) is 11.6 Å². The highest BCUT2D eigenvalue weighted by Crippen LogP contribution is 2.06. The molecule has 70 valence electrons. The van der Waals surface area contributed by atoms with Crippen molar-refractivity contribution in [3.63, 3.8) is 0 Å². The van der Waals surface area contributed by atoms with Gasteiger partial charge in [-0.05, 0) is 24.3 Å². The van der Waals surface area contributed by atoms with Gasteiger partial charge in [0, 0.05) is 18.3 Å². The maximum Gasteiger partial charge on any atom is 0.151 e. The Balaban J connectivity index is 2.16. The van der Waals surface area contributed by atoms with E-state index in [2.05, 4.69) is 15.2 Å². The second-order valence-corrected chi connectivity index (χ2v) is 3.23. The van der Waals surface area contributed by atoms with Gasteiger partial charge in [-0.1, -0.05) is 17.7 Å². The number of halogens is 1. The molecular weight excluding hydrogens is 198 g/mol. The molecule has 2 aromatic rings. The molecule has 0 aliphatic carbocycles. The van der Waals surface area contributed by atoms with Crippen LogP contribution in [0.3, 0.4) is 0 Å². The minimum atomic E-state index is 0.412. The van der Waals surface area contributed by atoms with Crippen LogP contribution in [0.4, 0.5) is 0 Å². The minimum absolute atomic E-state index is 0.412.